The summed E-state index contributed by atoms with van der Waals surface area (Å²) in [5.41, 5.74) is 9.25. The summed E-state index contributed by atoms with van der Waals surface area (Å²) in [6, 6.07) is 18.1. The minimum Gasteiger partial charge on any atom is -0.497 e. The molecule has 3 rings (SSSR count). The van der Waals surface area contributed by atoms with Gasteiger partial charge in [-0.3, -0.25) is 0 Å². The van der Waals surface area contributed by atoms with Crippen molar-refractivity contribution in [2.75, 3.05) is 7.11 Å². The van der Waals surface area contributed by atoms with Crippen LogP contribution in [-0.2, 0) is 6.42 Å². The number of amidine groups is 1. The Morgan fingerprint density at radius 3 is 2.68 bits per heavy atom. The third kappa shape index (κ3) is 6.13. The lowest BCUT2D eigenvalue weighted by molar-refractivity contribution is 0.415. The molecule has 0 fully saturated rings. The van der Waals surface area contributed by atoms with Crippen molar-refractivity contribution in [3.05, 3.63) is 84.1 Å². The summed E-state index contributed by atoms with van der Waals surface area (Å²) in [5, 5.41) is 3.19. The average molecular weight is 374 g/mol. The maximum absolute atomic E-state index is 6.05. The van der Waals surface area contributed by atoms with Gasteiger partial charge in [0.15, 0.2) is 11.8 Å². The molecule has 0 bridgehead atoms. The second-order valence-electron chi connectivity index (χ2n) is 6.54. The van der Waals surface area contributed by atoms with Gasteiger partial charge in [-0.25, -0.2) is 4.99 Å². The van der Waals surface area contributed by atoms with E-state index in [2.05, 4.69) is 39.6 Å². The molecule has 144 valence electrons. The number of methoxy groups -OCH3 is 1. The van der Waals surface area contributed by atoms with Gasteiger partial charge in [0.1, 0.15) is 5.75 Å². The standard InChI is InChI=1S/C23H26N4O/c1-28-21-15-7-14-20(17-21)25-22-16-8-13-19(26-23(24)27-22)12-6-5-11-18-9-3-2-4-10-18/h2-4,7-10,13-17H,5-6,11-12H2,1H3,(H3,24,25,26,27). The summed E-state index contributed by atoms with van der Waals surface area (Å²) in [7, 11) is 1.63. The highest BCUT2D eigenvalue weighted by Gasteiger charge is 2.04. The fraction of sp³-hybridized carbons (Fsp3) is 0.217. The van der Waals surface area contributed by atoms with Crippen LogP contribution in [0.15, 0.2) is 88.5 Å². The fourth-order valence-corrected chi connectivity index (χ4v) is 2.95. The van der Waals surface area contributed by atoms with Crippen LogP contribution in [0.5, 0.6) is 5.75 Å². The molecule has 5 nitrogen and oxygen atoms in total. The van der Waals surface area contributed by atoms with Crippen LogP contribution in [0.4, 0.5) is 5.69 Å². The second kappa shape index (κ2) is 10.1. The molecule has 1 aliphatic heterocycles. The SMILES string of the molecule is COc1cccc(N=C2/C=C/C=C(/CCCCc3ccccc3)NC(N)=N2)c1. The molecule has 3 N–H and O–H groups in total. The maximum Gasteiger partial charge on any atom is 0.199 e. The molecule has 0 radical (unpaired) electrons. The molecular formula is C23H26N4O. The first kappa shape index (κ1) is 19.4. The summed E-state index contributed by atoms with van der Waals surface area (Å²) in [4.78, 5) is 8.90. The van der Waals surface area contributed by atoms with Crippen LogP contribution in [0.1, 0.15) is 24.8 Å². The number of aliphatic imine (C=N–C) groups is 2. The van der Waals surface area contributed by atoms with Crippen LogP contribution >= 0.6 is 0 Å². The molecule has 0 atom stereocenters. The predicted octanol–water partition coefficient (Wildman–Crippen LogP) is 4.50. The van der Waals surface area contributed by atoms with E-state index >= 15 is 0 Å². The number of rotatable bonds is 7. The van der Waals surface area contributed by atoms with Crippen molar-refractivity contribution in [3.8, 4) is 5.75 Å². The maximum atomic E-state index is 6.05. The lowest BCUT2D eigenvalue weighted by atomic mass is 10.1. The van der Waals surface area contributed by atoms with Gasteiger partial charge in [0.25, 0.3) is 0 Å². The molecule has 1 aliphatic rings. The van der Waals surface area contributed by atoms with E-state index in [-0.39, 0.29) is 0 Å². The molecule has 0 spiro atoms. The largest absolute Gasteiger partial charge is 0.497 e. The number of nitrogens with one attached hydrogen (secondary N) is 1. The molecule has 0 aromatic heterocycles. The highest BCUT2D eigenvalue weighted by Crippen LogP contribution is 2.20. The van der Waals surface area contributed by atoms with E-state index in [1.54, 1.807) is 7.11 Å². The van der Waals surface area contributed by atoms with Gasteiger partial charge in [0, 0.05) is 11.8 Å². The lowest BCUT2D eigenvalue weighted by Crippen LogP contribution is -2.32. The number of aryl methyl sites for hydroxylation is 1. The second-order valence-corrected chi connectivity index (χ2v) is 6.54. The van der Waals surface area contributed by atoms with E-state index < -0.39 is 0 Å². The molecule has 0 unspecified atom stereocenters. The molecule has 2 aromatic carbocycles. The summed E-state index contributed by atoms with van der Waals surface area (Å²) in [5.74, 6) is 1.64. The van der Waals surface area contributed by atoms with Gasteiger partial charge in [0.2, 0.25) is 0 Å². The van der Waals surface area contributed by atoms with Gasteiger partial charge in [-0.1, -0.05) is 42.5 Å². The Hall–Kier alpha value is -3.34. The highest BCUT2D eigenvalue weighted by molar-refractivity contribution is 6.03. The Balaban J connectivity index is 1.59. The van der Waals surface area contributed by atoms with E-state index in [1.165, 1.54) is 5.56 Å². The number of nitrogens with two attached hydrogens (primary N) is 1. The summed E-state index contributed by atoms with van der Waals surface area (Å²) < 4.78 is 5.23. The van der Waals surface area contributed by atoms with Crippen molar-refractivity contribution in [1.82, 2.24) is 5.32 Å². The van der Waals surface area contributed by atoms with Gasteiger partial charge < -0.3 is 15.8 Å². The summed E-state index contributed by atoms with van der Waals surface area (Å²) in [6.07, 6.45) is 10.1. The Morgan fingerprint density at radius 2 is 1.86 bits per heavy atom. The average Bonchev–Trinajstić information content (AvgIpc) is 2.70. The summed E-state index contributed by atoms with van der Waals surface area (Å²) in [6.45, 7) is 0. The number of hydrogen-bond acceptors (Lipinski definition) is 4. The van der Waals surface area contributed by atoms with Crippen LogP contribution in [0.3, 0.4) is 0 Å². The number of guanidine groups is 1. The number of unbranched alkanes of at least 4 members (excludes halogenated alkanes) is 1. The van der Waals surface area contributed by atoms with Crippen LogP contribution in [0.25, 0.3) is 0 Å². The highest BCUT2D eigenvalue weighted by atomic mass is 16.5. The van der Waals surface area contributed by atoms with Gasteiger partial charge in [0.05, 0.1) is 12.8 Å². The monoisotopic (exact) mass is 374 g/mol. The van der Waals surface area contributed by atoms with Crippen molar-refractivity contribution in [3.63, 3.8) is 0 Å². The van der Waals surface area contributed by atoms with Crippen molar-refractivity contribution in [2.45, 2.75) is 25.7 Å². The number of ether oxygens (including phenoxy) is 1. The molecule has 28 heavy (non-hydrogen) atoms. The molecular weight excluding hydrogens is 348 g/mol. The number of benzene rings is 2. The number of allylic oxidation sites excluding steroid dienone is 3. The van der Waals surface area contributed by atoms with E-state index in [1.807, 2.05) is 48.6 Å². The van der Waals surface area contributed by atoms with Crippen LogP contribution in [0, 0.1) is 0 Å². The van der Waals surface area contributed by atoms with Crippen molar-refractivity contribution in [1.29, 1.82) is 0 Å². The zero-order chi connectivity index (χ0) is 19.6. The lowest BCUT2D eigenvalue weighted by Gasteiger charge is -2.12. The molecule has 0 amide bonds. The number of nitrogens with zero attached hydrogens (tertiary/aromatic N) is 2. The van der Waals surface area contributed by atoms with E-state index in [0.29, 0.717) is 11.8 Å². The predicted molar refractivity (Wildman–Crippen MR) is 116 cm³/mol. The van der Waals surface area contributed by atoms with Crippen molar-refractivity contribution < 1.29 is 4.74 Å². The molecule has 1 heterocycles. The molecule has 2 aromatic rings. The normalized spacial score (nSPS) is 18.2. The van der Waals surface area contributed by atoms with Crippen molar-refractivity contribution in [2.24, 2.45) is 15.7 Å². The molecule has 0 aliphatic carbocycles. The Kier molecular flexibility index (Phi) is 7.01. The molecule has 5 heteroatoms. The third-order valence-corrected chi connectivity index (χ3v) is 4.37. The van der Waals surface area contributed by atoms with Gasteiger partial charge in [-0.05, 0) is 55.5 Å². The number of hydrogen-bond donors (Lipinski definition) is 2. The first-order valence-electron chi connectivity index (χ1n) is 9.48. The minimum absolute atomic E-state index is 0.348. The quantitative estimate of drug-likeness (QED) is 0.701. The van der Waals surface area contributed by atoms with Crippen LogP contribution in [-0.4, -0.2) is 18.9 Å². The Morgan fingerprint density at radius 1 is 1.04 bits per heavy atom. The zero-order valence-electron chi connectivity index (χ0n) is 16.1. The molecule has 0 saturated carbocycles. The van der Waals surface area contributed by atoms with Crippen LogP contribution in [0.2, 0.25) is 0 Å². The smallest absolute Gasteiger partial charge is 0.199 e. The Labute approximate surface area is 166 Å². The fourth-order valence-electron chi connectivity index (χ4n) is 2.95. The first-order chi connectivity index (χ1) is 13.7. The minimum atomic E-state index is 0.348. The zero-order valence-corrected chi connectivity index (χ0v) is 16.1. The van der Waals surface area contributed by atoms with Gasteiger partial charge >= 0.3 is 0 Å². The van der Waals surface area contributed by atoms with Gasteiger partial charge in [-0.2, -0.15) is 4.99 Å². The van der Waals surface area contributed by atoms with Crippen molar-refractivity contribution >= 4 is 17.5 Å². The Bertz CT molecular complexity index is 898. The first-order valence-corrected chi connectivity index (χ1v) is 9.48. The van der Waals surface area contributed by atoms with E-state index in [9.17, 15) is 0 Å². The van der Waals surface area contributed by atoms with E-state index in [4.69, 9.17) is 10.5 Å². The topological polar surface area (TPSA) is 72.0 Å². The summed E-state index contributed by atoms with van der Waals surface area (Å²) >= 11 is 0. The van der Waals surface area contributed by atoms with Gasteiger partial charge in [-0.15, -0.1) is 0 Å². The van der Waals surface area contributed by atoms with Crippen LogP contribution < -0.4 is 15.8 Å². The third-order valence-electron chi connectivity index (χ3n) is 4.37. The van der Waals surface area contributed by atoms with E-state index in [0.717, 1.165) is 42.8 Å². The molecule has 0 saturated heterocycles.